The topological polar surface area (TPSA) is 32.3 Å². The van der Waals surface area contributed by atoms with Crippen LogP contribution in [-0.4, -0.2) is 30.4 Å². The van der Waals surface area contributed by atoms with Gasteiger partial charge in [0.15, 0.2) is 0 Å². The van der Waals surface area contributed by atoms with E-state index in [-0.39, 0.29) is 5.91 Å². The van der Waals surface area contributed by atoms with Gasteiger partial charge in [0.1, 0.15) is 0 Å². The second-order valence-corrected chi connectivity index (χ2v) is 5.67. The fraction of sp³-hybridized carbons (Fsp3) is 0.588. The highest BCUT2D eigenvalue weighted by Gasteiger charge is 2.32. The predicted octanol–water partition coefficient (Wildman–Crippen LogP) is 2.90. The Morgan fingerprint density at radius 1 is 1.25 bits per heavy atom. The third kappa shape index (κ3) is 3.83. The number of likely N-dealkylation sites (N-methyl/N-ethyl adjacent to an activating group) is 1. The summed E-state index contributed by atoms with van der Waals surface area (Å²) in [7, 11) is 0. The Morgan fingerprint density at radius 2 is 1.85 bits per heavy atom. The minimum atomic E-state index is 0.202. The third-order valence-corrected chi connectivity index (χ3v) is 4.12. The van der Waals surface area contributed by atoms with Crippen LogP contribution in [0.2, 0.25) is 0 Å². The molecule has 0 bridgehead atoms. The monoisotopic (exact) mass is 274 g/mol. The predicted molar refractivity (Wildman–Crippen MR) is 82.6 cm³/mol. The van der Waals surface area contributed by atoms with Gasteiger partial charge in [0, 0.05) is 19.1 Å². The van der Waals surface area contributed by atoms with Gasteiger partial charge in [0.05, 0.1) is 6.54 Å². The maximum atomic E-state index is 12.1. The van der Waals surface area contributed by atoms with Gasteiger partial charge < -0.3 is 10.2 Å². The van der Waals surface area contributed by atoms with Gasteiger partial charge in [0.25, 0.3) is 0 Å². The highest BCUT2D eigenvalue weighted by Crippen LogP contribution is 2.40. The molecule has 1 aliphatic rings. The molecule has 1 aromatic carbocycles. The maximum Gasteiger partial charge on any atom is 0.236 e. The van der Waals surface area contributed by atoms with Crippen LogP contribution in [-0.2, 0) is 4.79 Å². The standard InChI is InChI=1S/C17H26N2O/c1-4-19(5-2)16(20)12-18-17(15-10-11-15)14-8-6-13(3)7-9-14/h6-9,15,17-18H,4-5,10-12H2,1-3H3. The first kappa shape index (κ1) is 15.0. The molecule has 20 heavy (non-hydrogen) atoms. The molecule has 1 amide bonds. The number of nitrogens with zero attached hydrogens (tertiary/aromatic N) is 1. The summed E-state index contributed by atoms with van der Waals surface area (Å²) in [6.45, 7) is 8.18. The molecule has 0 saturated heterocycles. The Morgan fingerprint density at radius 3 is 2.35 bits per heavy atom. The summed E-state index contributed by atoms with van der Waals surface area (Å²) in [4.78, 5) is 14.0. The van der Waals surface area contributed by atoms with Crippen LogP contribution in [0.4, 0.5) is 0 Å². The summed E-state index contributed by atoms with van der Waals surface area (Å²) in [5, 5.41) is 3.48. The molecular weight excluding hydrogens is 248 g/mol. The Hall–Kier alpha value is -1.35. The molecule has 0 heterocycles. The lowest BCUT2D eigenvalue weighted by molar-refractivity contribution is -0.130. The van der Waals surface area contributed by atoms with E-state index in [4.69, 9.17) is 0 Å². The summed E-state index contributed by atoms with van der Waals surface area (Å²) in [6.07, 6.45) is 2.54. The third-order valence-electron chi connectivity index (χ3n) is 4.12. The van der Waals surface area contributed by atoms with Crippen molar-refractivity contribution in [3.63, 3.8) is 0 Å². The van der Waals surface area contributed by atoms with Gasteiger partial charge in [-0.05, 0) is 45.1 Å². The van der Waals surface area contributed by atoms with Crippen LogP contribution in [0.5, 0.6) is 0 Å². The molecule has 0 radical (unpaired) electrons. The molecule has 1 fully saturated rings. The zero-order chi connectivity index (χ0) is 14.5. The normalized spacial score (nSPS) is 15.9. The average Bonchev–Trinajstić information content (AvgIpc) is 3.27. The second kappa shape index (κ2) is 6.89. The zero-order valence-electron chi connectivity index (χ0n) is 12.9. The molecule has 1 N–H and O–H groups in total. The fourth-order valence-corrected chi connectivity index (χ4v) is 2.65. The molecular formula is C17H26N2O. The van der Waals surface area contributed by atoms with E-state index in [0.29, 0.717) is 18.5 Å². The molecule has 0 aromatic heterocycles. The maximum absolute atomic E-state index is 12.1. The van der Waals surface area contributed by atoms with Crippen molar-refractivity contribution in [2.24, 2.45) is 5.92 Å². The van der Waals surface area contributed by atoms with Gasteiger partial charge in [-0.15, -0.1) is 0 Å². The zero-order valence-corrected chi connectivity index (χ0v) is 12.9. The Balaban J connectivity index is 1.96. The number of amides is 1. The van der Waals surface area contributed by atoms with Gasteiger partial charge in [-0.2, -0.15) is 0 Å². The van der Waals surface area contributed by atoms with E-state index in [2.05, 4.69) is 36.5 Å². The highest BCUT2D eigenvalue weighted by atomic mass is 16.2. The summed E-state index contributed by atoms with van der Waals surface area (Å²) in [6, 6.07) is 9.01. The molecule has 3 heteroatoms. The van der Waals surface area contributed by atoms with Crippen molar-refractivity contribution in [2.45, 2.75) is 39.7 Å². The van der Waals surface area contributed by atoms with Gasteiger partial charge in [0.2, 0.25) is 5.91 Å². The van der Waals surface area contributed by atoms with Crippen molar-refractivity contribution in [3.05, 3.63) is 35.4 Å². The number of hydrogen-bond donors (Lipinski definition) is 1. The van der Waals surface area contributed by atoms with E-state index in [9.17, 15) is 4.79 Å². The van der Waals surface area contributed by atoms with Crippen molar-refractivity contribution < 1.29 is 4.79 Å². The van der Waals surface area contributed by atoms with Crippen molar-refractivity contribution in [1.29, 1.82) is 0 Å². The molecule has 1 saturated carbocycles. The van der Waals surface area contributed by atoms with Crippen LogP contribution in [0.3, 0.4) is 0 Å². The van der Waals surface area contributed by atoms with E-state index in [1.54, 1.807) is 0 Å². The number of rotatable bonds is 7. The molecule has 1 aromatic rings. The molecule has 0 spiro atoms. The SMILES string of the molecule is CCN(CC)C(=O)CNC(c1ccc(C)cc1)C1CC1. The minimum Gasteiger partial charge on any atom is -0.342 e. The van der Waals surface area contributed by atoms with Gasteiger partial charge >= 0.3 is 0 Å². The molecule has 3 nitrogen and oxygen atoms in total. The lowest BCUT2D eigenvalue weighted by Crippen LogP contribution is -2.39. The minimum absolute atomic E-state index is 0.202. The largest absolute Gasteiger partial charge is 0.342 e. The lowest BCUT2D eigenvalue weighted by Gasteiger charge is -2.23. The summed E-state index contributed by atoms with van der Waals surface area (Å²) in [5.74, 6) is 0.898. The Kier molecular flexibility index (Phi) is 5.18. The first-order valence-corrected chi connectivity index (χ1v) is 7.73. The van der Waals surface area contributed by atoms with Crippen LogP contribution >= 0.6 is 0 Å². The van der Waals surface area contributed by atoms with Crippen LogP contribution in [0.1, 0.15) is 43.9 Å². The van der Waals surface area contributed by atoms with E-state index < -0.39 is 0 Å². The first-order valence-electron chi connectivity index (χ1n) is 7.73. The summed E-state index contributed by atoms with van der Waals surface area (Å²) >= 11 is 0. The van der Waals surface area contributed by atoms with Gasteiger partial charge in [-0.25, -0.2) is 0 Å². The smallest absolute Gasteiger partial charge is 0.236 e. The molecule has 110 valence electrons. The van der Waals surface area contributed by atoms with Gasteiger partial charge in [-0.3, -0.25) is 4.79 Å². The molecule has 1 atom stereocenters. The molecule has 1 aliphatic carbocycles. The van der Waals surface area contributed by atoms with Crippen LogP contribution in [0, 0.1) is 12.8 Å². The van der Waals surface area contributed by atoms with E-state index >= 15 is 0 Å². The van der Waals surface area contributed by atoms with Crippen molar-refractivity contribution in [2.75, 3.05) is 19.6 Å². The molecule has 2 rings (SSSR count). The number of aryl methyl sites for hydroxylation is 1. The van der Waals surface area contributed by atoms with E-state index in [0.717, 1.165) is 13.1 Å². The van der Waals surface area contributed by atoms with Crippen LogP contribution < -0.4 is 5.32 Å². The van der Waals surface area contributed by atoms with Gasteiger partial charge in [-0.1, -0.05) is 29.8 Å². The number of carbonyl (C=O) groups excluding carboxylic acids is 1. The van der Waals surface area contributed by atoms with E-state index in [1.165, 1.54) is 24.0 Å². The van der Waals surface area contributed by atoms with Crippen molar-refractivity contribution >= 4 is 5.91 Å². The average molecular weight is 274 g/mol. The van der Waals surface area contributed by atoms with Crippen LogP contribution in [0.15, 0.2) is 24.3 Å². The van der Waals surface area contributed by atoms with Crippen molar-refractivity contribution in [1.82, 2.24) is 10.2 Å². The summed E-state index contributed by atoms with van der Waals surface area (Å²) in [5.41, 5.74) is 2.59. The Bertz CT molecular complexity index is 433. The number of hydrogen-bond acceptors (Lipinski definition) is 2. The number of carbonyl (C=O) groups is 1. The van der Waals surface area contributed by atoms with Crippen LogP contribution in [0.25, 0.3) is 0 Å². The first-order chi connectivity index (χ1) is 9.65. The highest BCUT2D eigenvalue weighted by molar-refractivity contribution is 5.78. The molecule has 1 unspecified atom stereocenters. The molecule has 0 aliphatic heterocycles. The quantitative estimate of drug-likeness (QED) is 0.829. The van der Waals surface area contributed by atoms with Crippen molar-refractivity contribution in [3.8, 4) is 0 Å². The Labute approximate surface area is 122 Å². The lowest BCUT2D eigenvalue weighted by atomic mass is 10.0. The second-order valence-electron chi connectivity index (χ2n) is 5.67. The number of benzene rings is 1. The fourth-order valence-electron chi connectivity index (χ4n) is 2.65. The van der Waals surface area contributed by atoms with E-state index in [1.807, 2.05) is 18.7 Å². The summed E-state index contributed by atoms with van der Waals surface area (Å²) < 4.78 is 0. The number of nitrogens with one attached hydrogen (secondary N) is 1.